The van der Waals surface area contributed by atoms with Gasteiger partial charge in [-0.25, -0.2) is 9.97 Å². The first-order chi connectivity index (χ1) is 13.1. The van der Waals surface area contributed by atoms with Crippen LogP contribution in [0.25, 0.3) is 0 Å². The fourth-order valence-electron chi connectivity index (χ4n) is 3.31. The molecule has 0 spiro atoms. The molecule has 7 nitrogen and oxygen atoms in total. The lowest BCUT2D eigenvalue weighted by Gasteiger charge is -2.29. The molecule has 0 fully saturated rings. The van der Waals surface area contributed by atoms with Crippen molar-refractivity contribution in [3.63, 3.8) is 0 Å². The molecule has 136 valence electrons. The van der Waals surface area contributed by atoms with Gasteiger partial charge in [-0.1, -0.05) is 42.0 Å². The molecule has 1 aliphatic heterocycles. The normalized spacial score (nSPS) is 13.1. The number of anilines is 3. The van der Waals surface area contributed by atoms with Crippen LogP contribution in [-0.2, 0) is 13.0 Å². The average Bonchev–Trinajstić information content (AvgIpc) is 2.69. The van der Waals surface area contributed by atoms with Crippen LogP contribution in [0.15, 0.2) is 54.9 Å². The van der Waals surface area contributed by atoms with E-state index in [1.54, 1.807) is 0 Å². The van der Waals surface area contributed by atoms with Gasteiger partial charge >= 0.3 is 5.69 Å². The van der Waals surface area contributed by atoms with Crippen molar-refractivity contribution in [1.29, 1.82) is 0 Å². The number of nitro groups is 1. The summed E-state index contributed by atoms with van der Waals surface area (Å²) in [7, 11) is 0. The highest BCUT2D eigenvalue weighted by Crippen LogP contribution is 2.35. The van der Waals surface area contributed by atoms with Crippen LogP contribution < -0.4 is 10.2 Å². The Bertz CT molecular complexity index is 988. The highest BCUT2D eigenvalue weighted by molar-refractivity contribution is 5.74. The third kappa shape index (κ3) is 3.44. The standard InChI is InChI=1S/C20H19N5O2/c1-14-6-8-17(9-7-14)23-19-18(25(26)27)20(22-13-21-19)24-11-10-15-4-2-3-5-16(15)12-24/h2-9,13H,10-12H2,1H3,(H,21,22,23). The fourth-order valence-corrected chi connectivity index (χ4v) is 3.31. The third-order valence-electron chi connectivity index (χ3n) is 4.73. The number of rotatable bonds is 4. The molecule has 0 unspecified atom stereocenters. The first kappa shape index (κ1) is 17.0. The summed E-state index contributed by atoms with van der Waals surface area (Å²) in [5.41, 5.74) is 4.22. The molecule has 1 aliphatic rings. The van der Waals surface area contributed by atoms with E-state index in [4.69, 9.17) is 0 Å². The molecule has 0 saturated heterocycles. The van der Waals surface area contributed by atoms with Gasteiger partial charge in [0.2, 0.25) is 11.6 Å². The lowest BCUT2D eigenvalue weighted by atomic mass is 10.00. The van der Waals surface area contributed by atoms with Crippen LogP contribution >= 0.6 is 0 Å². The number of nitrogens with zero attached hydrogens (tertiary/aromatic N) is 4. The van der Waals surface area contributed by atoms with E-state index in [2.05, 4.69) is 27.4 Å². The van der Waals surface area contributed by atoms with E-state index in [1.807, 2.05) is 48.2 Å². The van der Waals surface area contributed by atoms with Crippen LogP contribution in [0.2, 0.25) is 0 Å². The van der Waals surface area contributed by atoms with Gasteiger partial charge in [-0.2, -0.15) is 0 Å². The largest absolute Gasteiger partial charge is 0.353 e. The van der Waals surface area contributed by atoms with E-state index in [-0.39, 0.29) is 11.5 Å². The minimum Gasteiger partial charge on any atom is -0.346 e. The van der Waals surface area contributed by atoms with Gasteiger partial charge < -0.3 is 10.2 Å². The summed E-state index contributed by atoms with van der Waals surface area (Å²) < 4.78 is 0. The fraction of sp³-hybridized carbons (Fsp3) is 0.200. The summed E-state index contributed by atoms with van der Waals surface area (Å²) in [6.45, 7) is 3.26. The molecule has 3 aromatic rings. The smallest absolute Gasteiger partial charge is 0.346 e. The van der Waals surface area contributed by atoms with E-state index in [1.165, 1.54) is 17.5 Å². The Morgan fingerprint density at radius 2 is 1.81 bits per heavy atom. The van der Waals surface area contributed by atoms with Crippen LogP contribution in [0.4, 0.5) is 23.0 Å². The summed E-state index contributed by atoms with van der Waals surface area (Å²) >= 11 is 0. The average molecular weight is 361 g/mol. The van der Waals surface area contributed by atoms with Crippen molar-refractivity contribution in [3.05, 3.63) is 81.7 Å². The molecule has 1 aromatic heterocycles. The molecule has 4 rings (SSSR count). The van der Waals surface area contributed by atoms with Gasteiger partial charge in [0, 0.05) is 18.8 Å². The van der Waals surface area contributed by atoms with E-state index < -0.39 is 4.92 Å². The van der Waals surface area contributed by atoms with Crippen molar-refractivity contribution in [3.8, 4) is 0 Å². The molecule has 27 heavy (non-hydrogen) atoms. The number of aryl methyl sites for hydroxylation is 1. The summed E-state index contributed by atoms with van der Waals surface area (Å²) in [5, 5.41) is 14.9. The van der Waals surface area contributed by atoms with E-state index >= 15 is 0 Å². The zero-order valence-electron chi connectivity index (χ0n) is 14.9. The van der Waals surface area contributed by atoms with E-state index in [0.29, 0.717) is 18.9 Å². The van der Waals surface area contributed by atoms with Gasteiger partial charge in [0.25, 0.3) is 0 Å². The number of aromatic nitrogens is 2. The third-order valence-corrected chi connectivity index (χ3v) is 4.73. The summed E-state index contributed by atoms with van der Waals surface area (Å²) in [6.07, 6.45) is 2.21. The lowest BCUT2D eigenvalue weighted by Crippen LogP contribution is -2.31. The van der Waals surface area contributed by atoms with Crippen molar-refractivity contribution >= 4 is 23.0 Å². The number of nitrogens with one attached hydrogen (secondary N) is 1. The quantitative estimate of drug-likeness (QED) is 0.558. The molecular formula is C20H19N5O2. The van der Waals surface area contributed by atoms with Crippen LogP contribution in [-0.4, -0.2) is 21.4 Å². The molecule has 2 aromatic carbocycles. The van der Waals surface area contributed by atoms with E-state index in [0.717, 1.165) is 17.7 Å². The maximum absolute atomic E-state index is 11.8. The van der Waals surface area contributed by atoms with Gasteiger partial charge in [-0.05, 0) is 36.6 Å². The maximum atomic E-state index is 11.8. The van der Waals surface area contributed by atoms with Crippen molar-refractivity contribution in [2.45, 2.75) is 19.9 Å². The van der Waals surface area contributed by atoms with Crippen LogP contribution in [0, 0.1) is 17.0 Å². The number of benzene rings is 2. The second-order valence-corrected chi connectivity index (χ2v) is 6.58. The maximum Gasteiger partial charge on any atom is 0.353 e. The van der Waals surface area contributed by atoms with Gasteiger partial charge in [0.15, 0.2) is 0 Å². The molecule has 2 heterocycles. The SMILES string of the molecule is Cc1ccc(Nc2ncnc(N3CCc4ccccc4C3)c2[N+](=O)[O-])cc1. The van der Waals surface area contributed by atoms with Crippen molar-refractivity contribution < 1.29 is 4.92 Å². The number of hydrogen-bond donors (Lipinski definition) is 1. The summed E-state index contributed by atoms with van der Waals surface area (Å²) in [6, 6.07) is 15.8. The minimum absolute atomic E-state index is 0.0996. The molecule has 0 amide bonds. The van der Waals surface area contributed by atoms with Crippen LogP contribution in [0.5, 0.6) is 0 Å². The zero-order chi connectivity index (χ0) is 18.8. The second-order valence-electron chi connectivity index (χ2n) is 6.58. The van der Waals surface area contributed by atoms with Crippen LogP contribution in [0.1, 0.15) is 16.7 Å². The Morgan fingerprint density at radius 1 is 1.07 bits per heavy atom. The van der Waals surface area contributed by atoms with Gasteiger partial charge in [0.1, 0.15) is 6.33 Å². The molecule has 0 radical (unpaired) electrons. The highest BCUT2D eigenvalue weighted by atomic mass is 16.6. The van der Waals surface area contributed by atoms with Crippen molar-refractivity contribution in [2.24, 2.45) is 0 Å². The molecule has 0 aliphatic carbocycles. The number of fused-ring (bicyclic) bond motifs is 1. The predicted octanol–water partition coefficient (Wildman–Crippen LogP) is 4.00. The van der Waals surface area contributed by atoms with Crippen molar-refractivity contribution in [2.75, 3.05) is 16.8 Å². The summed E-state index contributed by atoms with van der Waals surface area (Å²) in [5.74, 6) is 0.548. The van der Waals surface area contributed by atoms with Gasteiger partial charge in [0.05, 0.1) is 4.92 Å². The Kier molecular flexibility index (Phi) is 4.42. The molecule has 1 N–H and O–H groups in total. The monoisotopic (exact) mass is 361 g/mol. The first-order valence-corrected chi connectivity index (χ1v) is 8.76. The highest BCUT2D eigenvalue weighted by Gasteiger charge is 2.29. The topological polar surface area (TPSA) is 84.2 Å². The molecule has 7 heteroatoms. The zero-order valence-corrected chi connectivity index (χ0v) is 14.9. The molecule has 0 atom stereocenters. The summed E-state index contributed by atoms with van der Waals surface area (Å²) in [4.78, 5) is 21.7. The number of hydrogen-bond acceptors (Lipinski definition) is 6. The van der Waals surface area contributed by atoms with Crippen molar-refractivity contribution in [1.82, 2.24) is 9.97 Å². The lowest BCUT2D eigenvalue weighted by molar-refractivity contribution is -0.383. The Labute approximate surface area is 156 Å². The predicted molar refractivity (Wildman–Crippen MR) is 104 cm³/mol. The molecule has 0 saturated carbocycles. The Morgan fingerprint density at radius 3 is 2.56 bits per heavy atom. The second kappa shape index (κ2) is 7.03. The Hall–Kier alpha value is -3.48. The molecule has 0 bridgehead atoms. The minimum atomic E-state index is -0.410. The first-order valence-electron chi connectivity index (χ1n) is 8.76. The van der Waals surface area contributed by atoms with Gasteiger partial charge in [-0.15, -0.1) is 0 Å². The molecular weight excluding hydrogens is 342 g/mol. The Balaban J connectivity index is 1.69. The van der Waals surface area contributed by atoms with Gasteiger partial charge in [-0.3, -0.25) is 10.1 Å². The van der Waals surface area contributed by atoms with Crippen LogP contribution in [0.3, 0.4) is 0 Å². The van der Waals surface area contributed by atoms with E-state index in [9.17, 15) is 10.1 Å².